The molecular weight excluding hydrogens is 168 g/mol. The van der Waals surface area contributed by atoms with E-state index in [-0.39, 0.29) is 5.71 Å². The molecule has 0 amide bonds. The molecule has 1 heterocycles. The highest BCUT2D eigenvalue weighted by atomic mass is 16.5. The van der Waals surface area contributed by atoms with Gasteiger partial charge in [-0.2, -0.15) is 0 Å². The molecule has 0 bridgehead atoms. The van der Waals surface area contributed by atoms with Crippen LogP contribution >= 0.6 is 0 Å². The van der Waals surface area contributed by atoms with Gasteiger partial charge in [0.1, 0.15) is 0 Å². The van der Waals surface area contributed by atoms with Crippen molar-refractivity contribution in [2.75, 3.05) is 6.61 Å². The van der Waals surface area contributed by atoms with Crippen molar-refractivity contribution in [3.05, 3.63) is 24.0 Å². The van der Waals surface area contributed by atoms with Crippen molar-refractivity contribution in [3.63, 3.8) is 0 Å². The van der Waals surface area contributed by atoms with Crippen molar-refractivity contribution >= 4 is 11.7 Å². The molecule has 0 aromatic carbocycles. The van der Waals surface area contributed by atoms with Gasteiger partial charge in [0, 0.05) is 13.2 Å². The van der Waals surface area contributed by atoms with Crippen LogP contribution in [0.3, 0.4) is 0 Å². The van der Waals surface area contributed by atoms with Crippen molar-refractivity contribution < 1.29 is 9.53 Å². The minimum absolute atomic E-state index is 0.102. The third-order valence-electron chi connectivity index (χ3n) is 1.68. The molecule has 0 unspecified atom stereocenters. The van der Waals surface area contributed by atoms with Crippen LogP contribution in [0.1, 0.15) is 12.6 Å². The fourth-order valence-electron chi connectivity index (χ4n) is 1.03. The Morgan fingerprint density at radius 2 is 2.38 bits per heavy atom. The Bertz CT molecular complexity index is 328. The monoisotopic (exact) mass is 180 g/mol. The SMILES string of the molecule is CCOC(=O)C(=N)c1cccn1C. The maximum absolute atomic E-state index is 11.1. The summed E-state index contributed by atoms with van der Waals surface area (Å²) in [6.45, 7) is 2.02. The second-order valence-corrected chi connectivity index (χ2v) is 2.60. The predicted molar refractivity (Wildman–Crippen MR) is 48.9 cm³/mol. The van der Waals surface area contributed by atoms with Crippen molar-refractivity contribution in [1.29, 1.82) is 5.41 Å². The molecule has 4 nitrogen and oxygen atoms in total. The van der Waals surface area contributed by atoms with E-state index >= 15 is 0 Å². The largest absolute Gasteiger partial charge is 0.461 e. The van der Waals surface area contributed by atoms with Gasteiger partial charge in [-0.1, -0.05) is 0 Å². The van der Waals surface area contributed by atoms with Gasteiger partial charge < -0.3 is 9.30 Å². The predicted octanol–water partition coefficient (Wildman–Crippen LogP) is 0.956. The van der Waals surface area contributed by atoms with E-state index < -0.39 is 5.97 Å². The smallest absolute Gasteiger partial charge is 0.358 e. The van der Waals surface area contributed by atoms with Crippen LogP contribution in [0.15, 0.2) is 18.3 Å². The maximum atomic E-state index is 11.1. The first-order valence-corrected chi connectivity index (χ1v) is 4.04. The number of hydrogen-bond donors (Lipinski definition) is 1. The van der Waals surface area contributed by atoms with Gasteiger partial charge in [-0.3, -0.25) is 5.41 Å². The van der Waals surface area contributed by atoms with Gasteiger partial charge in [-0.25, -0.2) is 4.79 Å². The first-order chi connectivity index (χ1) is 6.16. The average Bonchev–Trinajstić information content (AvgIpc) is 2.50. The molecule has 0 atom stereocenters. The van der Waals surface area contributed by atoms with Gasteiger partial charge in [0.05, 0.1) is 12.3 Å². The molecule has 1 aromatic rings. The molecule has 70 valence electrons. The standard InChI is InChI=1S/C9H12N2O2/c1-3-13-9(12)8(10)7-5-4-6-11(7)2/h4-6,10H,3H2,1-2H3. The van der Waals surface area contributed by atoms with E-state index in [1.54, 1.807) is 36.9 Å². The van der Waals surface area contributed by atoms with E-state index in [1.807, 2.05) is 0 Å². The van der Waals surface area contributed by atoms with Gasteiger partial charge in [-0.05, 0) is 19.1 Å². The van der Waals surface area contributed by atoms with E-state index in [2.05, 4.69) is 0 Å². The fraction of sp³-hybridized carbons (Fsp3) is 0.333. The Kier molecular flexibility index (Phi) is 2.84. The summed E-state index contributed by atoms with van der Waals surface area (Å²) in [6.07, 6.45) is 1.78. The summed E-state index contributed by atoms with van der Waals surface area (Å²) in [7, 11) is 1.78. The topological polar surface area (TPSA) is 55.1 Å². The molecular formula is C9H12N2O2. The summed E-state index contributed by atoms with van der Waals surface area (Å²) < 4.78 is 6.41. The van der Waals surface area contributed by atoms with Crippen LogP contribution < -0.4 is 0 Å². The Hall–Kier alpha value is -1.58. The van der Waals surface area contributed by atoms with Crippen LogP contribution in [0, 0.1) is 5.41 Å². The van der Waals surface area contributed by atoms with Crippen molar-refractivity contribution in [3.8, 4) is 0 Å². The first kappa shape index (κ1) is 9.51. The molecule has 0 aliphatic rings. The Labute approximate surface area is 76.6 Å². The number of aryl methyl sites for hydroxylation is 1. The Morgan fingerprint density at radius 1 is 1.69 bits per heavy atom. The molecule has 0 aliphatic carbocycles. The number of carbonyl (C=O) groups is 1. The maximum Gasteiger partial charge on any atom is 0.358 e. The lowest BCUT2D eigenvalue weighted by atomic mass is 10.3. The van der Waals surface area contributed by atoms with Crippen LogP contribution in [0.5, 0.6) is 0 Å². The summed E-state index contributed by atoms with van der Waals surface area (Å²) >= 11 is 0. The molecule has 4 heteroatoms. The fourth-order valence-corrected chi connectivity index (χ4v) is 1.03. The second-order valence-electron chi connectivity index (χ2n) is 2.60. The van der Waals surface area contributed by atoms with E-state index in [9.17, 15) is 4.79 Å². The summed E-state index contributed by atoms with van der Waals surface area (Å²) in [6, 6.07) is 3.49. The third-order valence-corrected chi connectivity index (χ3v) is 1.68. The van der Waals surface area contributed by atoms with Gasteiger partial charge in [0.2, 0.25) is 0 Å². The minimum Gasteiger partial charge on any atom is -0.461 e. The van der Waals surface area contributed by atoms with Crippen molar-refractivity contribution in [2.24, 2.45) is 7.05 Å². The molecule has 1 rings (SSSR count). The lowest BCUT2D eigenvalue weighted by Crippen LogP contribution is -2.19. The number of nitrogens with one attached hydrogen (secondary N) is 1. The highest BCUT2D eigenvalue weighted by Crippen LogP contribution is 2.01. The van der Waals surface area contributed by atoms with Crippen LogP contribution in [0.25, 0.3) is 0 Å². The number of carbonyl (C=O) groups excluding carboxylic acids is 1. The third kappa shape index (κ3) is 1.96. The average molecular weight is 180 g/mol. The first-order valence-electron chi connectivity index (χ1n) is 4.04. The number of rotatable bonds is 3. The highest BCUT2D eigenvalue weighted by molar-refractivity contribution is 6.41. The van der Waals surface area contributed by atoms with Crippen LogP contribution in [0.2, 0.25) is 0 Å². The molecule has 13 heavy (non-hydrogen) atoms. The summed E-state index contributed by atoms with van der Waals surface area (Å²) in [5.41, 5.74) is 0.466. The summed E-state index contributed by atoms with van der Waals surface area (Å²) in [5.74, 6) is -0.579. The molecule has 0 radical (unpaired) electrons. The van der Waals surface area contributed by atoms with E-state index in [0.29, 0.717) is 12.3 Å². The van der Waals surface area contributed by atoms with E-state index in [0.717, 1.165) is 0 Å². The number of ether oxygens (including phenoxy) is 1. The lowest BCUT2D eigenvalue weighted by molar-refractivity contribution is -0.135. The summed E-state index contributed by atoms with van der Waals surface area (Å²) in [4.78, 5) is 11.1. The van der Waals surface area contributed by atoms with Crippen molar-refractivity contribution in [2.45, 2.75) is 6.92 Å². The van der Waals surface area contributed by atoms with Gasteiger partial charge in [0.15, 0.2) is 5.71 Å². The second kappa shape index (κ2) is 3.89. The van der Waals surface area contributed by atoms with Crippen LogP contribution in [0.4, 0.5) is 0 Å². The number of hydrogen-bond acceptors (Lipinski definition) is 3. The number of aromatic nitrogens is 1. The minimum atomic E-state index is -0.579. The Morgan fingerprint density at radius 3 is 2.85 bits per heavy atom. The molecule has 0 saturated heterocycles. The molecule has 1 aromatic heterocycles. The normalized spacial score (nSPS) is 9.69. The van der Waals surface area contributed by atoms with Crippen LogP contribution in [-0.2, 0) is 16.6 Å². The zero-order valence-corrected chi connectivity index (χ0v) is 7.70. The molecule has 0 aliphatic heterocycles. The van der Waals surface area contributed by atoms with E-state index in [1.165, 1.54) is 0 Å². The zero-order chi connectivity index (χ0) is 9.84. The van der Waals surface area contributed by atoms with Gasteiger partial charge in [-0.15, -0.1) is 0 Å². The van der Waals surface area contributed by atoms with Gasteiger partial charge in [0.25, 0.3) is 0 Å². The highest BCUT2D eigenvalue weighted by Gasteiger charge is 2.14. The van der Waals surface area contributed by atoms with Crippen molar-refractivity contribution in [1.82, 2.24) is 4.57 Å². The molecule has 0 saturated carbocycles. The zero-order valence-electron chi connectivity index (χ0n) is 7.70. The summed E-state index contributed by atoms with van der Waals surface area (Å²) in [5, 5.41) is 7.50. The van der Waals surface area contributed by atoms with E-state index in [4.69, 9.17) is 10.1 Å². The lowest BCUT2D eigenvalue weighted by Gasteiger charge is -2.04. The molecule has 0 spiro atoms. The van der Waals surface area contributed by atoms with Gasteiger partial charge >= 0.3 is 5.97 Å². The Balaban J connectivity index is 2.80. The van der Waals surface area contributed by atoms with Crippen LogP contribution in [-0.4, -0.2) is 22.9 Å². The number of nitrogens with zero attached hydrogens (tertiary/aromatic N) is 1. The number of esters is 1. The quantitative estimate of drug-likeness (QED) is 0.556. The molecule has 0 fully saturated rings. The molecule has 1 N–H and O–H groups in total.